The van der Waals surface area contributed by atoms with Crippen molar-refractivity contribution >= 4 is 23.8 Å². The van der Waals surface area contributed by atoms with E-state index in [1.165, 1.54) is 18.9 Å². The van der Waals surface area contributed by atoms with E-state index in [9.17, 15) is 9.59 Å². The Morgan fingerprint density at radius 1 is 1.16 bits per heavy atom. The van der Waals surface area contributed by atoms with Crippen molar-refractivity contribution in [3.05, 3.63) is 64.1 Å². The normalized spacial score (nSPS) is 18.8. The first-order chi connectivity index (χ1) is 14.9. The number of thioether (sulfide) groups is 1. The lowest BCUT2D eigenvalue weighted by atomic mass is 9.95. The van der Waals surface area contributed by atoms with Gasteiger partial charge in [0.15, 0.2) is 5.16 Å². The van der Waals surface area contributed by atoms with Crippen molar-refractivity contribution in [3.63, 3.8) is 0 Å². The van der Waals surface area contributed by atoms with E-state index in [-0.39, 0.29) is 12.1 Å². The molecule has 31 heavy (non-hydrogen) atoms. The Labute approximate surface area is 186 Å². The summed E-state index contributed by atoms with van der Waals surface area (Å²) in [5.74, 6) is -0.0353. The molecular weight excluding hydrogens is 412 g/mol. The fourth-order valence-electron chi connectivity index (χ4n) is 3.73. The Kier molecular flexibility index (Phi) is 6.00. The van der Waals surface area contributed by atoms with Crippen LogP contribution < -0.4 is 5.32 Å². The molecule has 1 saturated carbocycles. The summed E-state index contributed by atoms with van der Waals surface area (Å²) in [6.07, 6.45) is 1.84. The lowest BCUT2D eigenvalue weighted by Crippen LogP contribution is -2.50. The van der Waals surface area contributed by atoms with Gasteiger partial charge >= 0.3 is 12.0 Å². The lowest BCUT2D eigenvalue weighted by molar-refractivity contribution is -0.136. The van der Waals surface area contributed by atoms with E-state index in [2.05, 4.69) is 15.3 Å². The van der Waals surface area contributed by atoms with Crippen LogP contribution in [0.5, 0.6) is 0 Å². The van der Waals surface area contributed by atoms with Gasteiger partial charge in [-0.1, -0.05) is 42.1 Å². The Morgan fingerprint density at radius 3 is 2.39 bits per heavy atom. The third kappa shape index (κ3) is 4.30. The number of nitrogens with one attached hydrogen (secondary N) is 1. The third-order valence-electron chi connectivity index (χ3n) is 5.78. The van der Waals surface area contributed by atoms with Gasteiger partial charge in [-0.2, -0.15) is 0 Å². The van der Waals surface area contributed by atoms with Gasteiger partial charge in [-0.15, -0.1) is 0 Å². The van der Waals surface area contributed by atoms with Crippen LogP contribution in [-0.4, -0.2) is 45.8 Å². The van der Waals surface area contributed by atoms with Gasteiger partial charge in [0, 0.05) is 28.9 Å². The number of aromatic nitrogens is 2. The first-order valence-corrected chi connectivity index (χ1v) is 11.3. The van der Waals surface area contributed by atoms with Gasteiger partial charge in [-0.05, 0) is 44.7 Å². The van der Waals surface area contributed by atoms with Crippen LogP contribution in [0.2, 0.25) is 0 Å². The van der Waals surface area contributed by atoms with Crippen molar-refractivity contribution in [1.82, 2.24) is 20.2 Å². The zero-order valence-corrected chi connectivity index (χ0v) is 19.0. The van der Waals surface area contributed by atoms with Crippen LogP contribution in [-0.2, 0) is 9.53 Å². The molecule has 1 aliphatic carbocycles. The zero-order valence-electron chi connectivity index (χ0n) is 18.1. The molecule has 0 radical (unpaired) electrons. The van der Waals surface area contributed by atoms with Crippen molar-refractivity contribution in [2.24, 2.45) is 0 Å². The van der Waals surface area contributed by atoms with E-state index in [0.29, 0.717) is 22.2 Å². The average Bonchev–Trinajstić information content (AvgIpc) is 3.60. The molecular formula is C23H26N4O3S. The van der Waals surface area contributed by atoms with Crippen LogP contribution in [0.4, 0.5) is 4.79 Å². The van der Waals surface area contributed by atoms with Crippen molar-refractivity contribution < 1.29 is 14.3 Å². The number of urea groups is 1. The number of methoxy groups -OCH3 is 1. The highest BCUT2D eigenvalue weighted by Gasteiger charge is 2.44. The molecule has 2 amide bonds. The van der Waals surface area contributed by atoms with Gasteiger partial charge in [0.1, 0.15) is 0 Å². The van der Waals surface area contributed by atoms with Crippen molar-refractivity contribution in [2.45, 2.75) is 50.9 Å². The SMILES string of the molecule is COC(=O)C1=C(CSc2nc(C)c(C)c(C)n2)N(C2CC2)C(=O)NC1c1ccccc1. The van der Waals surface area contributed by atoms with E-state index in [1.807, 2.05) is 51.1 Å². The maximum absolute atomic E-state index is 13.1. The highest BCUT2D eigenvalue weighted by molar-refractivity contribution is 7.99. The van der Waals surface area contributed by atoms with E-state index in [1.54, 1.807) is 4.90 Å². The van der Waals surface area contributed by atoms with Crippen molar-refractivity contribution in [1.29, 1.82) is 0 Å². The van der Waals surface area contributed by atoms with E-state index >= 15 is 0 Å². The number of benzene rings is 1. The second-order valence-electron chi connectivity index (χ2n) is 7.84. The first kappa shape index (κ1) is 21.4. The fourth-order valence-corrected chi connectivity index (χ4v) is 4.69. The molecule has 0 spiro atoms. The van der Waals surface area contributed by atoms with Crippen LogP contribution in [0.25, 0.3) is 0 Å². The van der Waals surface area contributed by atoms with Gasteiger partial charge in [-0.3, -0.25) is 4.90 Å². The van der Waals surface area contributed by atoms with Gasteiger partial charge in [0.2, 0.25) is 0 Å². The fraction of sp³-hybridized carbons (Fsp3) is 0.391. The molecule has 1 aromatic heterocycles. The topological polar surface area (TPSA) is 84.4 Å². The Balaban J connectivity index is 1.76. The number of esters is 1. The third-order valence-corrected chi connectivity index (χ3v) is 6.64. The number of carbonyl (C=O) groups is 2. The molecule has 7 nitrogen and oxygen atoms in total. The molecule has 2 heterocycles. The minimum atomic E-state index is -0.561. The molecule has 1 fully saturated rings. The molecule has 2 aromatic rings. The summed E-state index contributed by atoms with van der Waals surface area (Å²) in [4.78, 5) is 36.9. The standard InChI is InChI=1S/C23H26N4O3S/c1-13-14(2)24-22(25-15(13)3)31-12-18-19(21(28)30-4)20(16-8-6-5-7-9-16)26-23(29)27(18)17-10-11-17/h5-9,17,20H,10-12H2,1-4H3,(H,26,29). The minimum absolute atomic E-state index is 0.106. The molecule has 0 saturated heterocycles. The summed E-state index contributed by atoms with van der Waals surface area (Å²) in [6.45, 7) is 5.92. The number of aryl methyl sites for hydroxylation is 2. The molecule has 8 heteroatoms. The molecule has 1 aromatic carbocycles. The van der Waals surface area contributed by atoms with Gasteiger partial charge in [-0.25, -0.2) is 19.6 Å². The highest BCUT2D eigenvalue weighted by Crippen LogP contribution is 2.39. The second-order valence-corrected chi connectivity index (χ2v) is 8.78. The number of nitrogens with zero attached hydrogens (tertiary/aromatic N) is 3. The minimum Gasteiger partial charge on any atom is -0.466 e. The predicted octanol–water partition coefficient (Wildman–Crippen LogP) is 3.85. The number of hydrogen-bond acceptors (Lipinski definition) is 6. The Morgan fingerprint density at radius 2 is 1.81 bits per heavy atom. The van der Waals surface area contributed by atoms with E-state index < -0.39 is 12.0 Å². The monoisotopic (exact) mass is 438 g/mol. The first-order valence-electron chi connectivity index (χ1n) is 10.3. The summed E-state index contributed by atoms with van der Waals surface area (Å²) < 4.78 is 5.15. The van der Waals surface area contributed by atoms with Crippen molar-refractivity contribution in [2.75, 3.05) is 12.9 Å². The largest absolute Gasteiger partial charge is 0.466 e. The maximum atomic E-state index is 13.1. The molecule has 2 aliphatic rings. The van der Waals surface area contributed by atoms with Gasteiger partial charge in [0.05, 0.1) is 18.7 Å². The number of rotatable bonds is 6. The smallest absolute Gasteiger partial charge is 0.338 e. The molecule has 162 valence electrons. The summed E-state index contributed by atoms with van der Waals surface area (Å²) in [7, 11) is 1.37. The van der Waals surface area contributed by atoms with Crippen LogP contribution in [0.1, 0.15) is 41.4 Å². The number of carbonyl (C=O) groups excluding carboxylic acids is 2. The van der Waals surface area contributed by atoms with Gasteiger partial charge in [0.25, 0.3) is 0 Å². The lowest BCUT2D eigenvalue weighted by Gasteiger charge is -2.36. The number of ether oxygens (including phenoxy) is 1. The van der Waals surface area contributed by atoms with Crippen molar-refractivity contribution in [3.8, 4) is 0 Å². The van der Waals surface area contributed by atoms with Gasteiger partial charge < -0.3 is 10.1 Å². The maximum Gasteiger partial charge on any atom is 0.338 e. The Bertz CT molecular complexity index is 1030. The Hall–Kier alpha value is -2.87. The second kappa shape index (κ2) is 8.70. The summed E-state index contributed by atoms with van der Waals surface area (Å²) in [6, 6.07) is 8.86. The molecule has 4 rings (SSSR count). The molecule has 1 unspecified atom stereocenters. The highest BCUT2D eigenvalue weighted by atomic mass is 32.2. The summed E-state index contributed by atoms with van der Waals surface area (Å²) in [5.41, 5.74) is 4.91. The van der Waals surface area contributed by atoms with Crippen LogP contribution in [0.3, 0.4) is 0 Å². The van der Waals surface area contributed by atoms with Crippen LogP contribution in [0, 0.1) is 20.8 Å². The molecule has 1 aliphatic heterocycles. The predicted molar refractivity (Wildman–Crippen MR) is 119 cm³/mol. The molecule has 0 bridgehead atoms. The van der Waals surface area contributed by atoms with Crippen LogP contribution in [0.15, 0.2) is 46.8 Å². The molecule has 1 N–H and O–H groups in total. The average molecular weight is 439 g/mol. The summed E-state index contributed by atoms with van der Waals surface area (Å²) >= 11 is 1.43. The number of hydrogen-bond donors (Lipinski definition) is 1. The summed E-state index contributed by atoms with van der Waals surface area (Å²) in [5, 5.41) is 3.65. The number of amides is 2. The molecule has 1 atom stereocenters. The van der Waals surface area contributed by atoms with Crippen LogP contribution >= 0.6 is 11.8 Å². The quantitative estimate of drug-likeness (QED) is 0.419. The zero-order chi connectivity index (χ0) is 22.1. The van der Waals surface area contributed by atoms with E-state index in [4.69, 9.17) is 4.74 Å². The van der Waals surface area contributed by atoms with E-state index in [0.717, 1.165) is 35.4 Å².